The van der Waals surface area contributed by atoms with Crippen LogP contribution in [0.3, 0.4) is 0 Å². The van der Waals surface area contributed by atoms with Crippen molar-refractivity contribution in [3.05, 3.63) is 24.9 Å². The Bertz CT molecular complexity index is 838. The van der Waals surface area contributed by atoms with Gasteiger partial charge in [0.05, 0.1) is 31.1 Å². The summed E-state index contributed by atoms with van der Waals surface area (Å²) in [5, 5.41) is 5.26. The van der Waals surface area contributed by atoms with Crippen LogP contribution in [0.5, 0.6) is 5.75 Å². The van der Waals surface area contributed by atoms with Gasteiger partial charge in [-0.1, -0.05) is 0 Å². The molecule has 4 rings (SSSR count). The third-order valence-electron chi connectivity index (χ3n) is 4.22. The van der Waals surface area contributed by atoms with E-state index in [1.807, 2.05) is 13.2 Å². The lowest BCUT2D eigenvalue weighted by atomic mass is 10.3. The number of aryl methyl sites for hydroxylation is 1. The zero-order valence-electron chi connectivity index (χ0n) is 13.6. The molecule has 0 N–H and O–H groups in total. The van der Waals surface area contributed by atoms with E-state index in [9.17, 15) is 0 Å². The minimum atomic E-state index is 0.664. The minimum Gasteiger partial charge on any atom is -0.494 e. The summed E-state index contributed by atoms with van der Waals surface area (Å²) in [5.41, 5.74) is 0.848. The normalized spacial score (nSPS) is 15.1. The van der Waals surface area contributed by atoms with Gasteiger partial charge in [-0.15, -0.1) is 0 Å². The van der Waals surface area contributed by atoms with Crippen LogP contribution in [0.4, 0.5) is 11.8 Å². The van der Waals surface area contributed by atoms with E-state index in [1.165, 1.54) is 0 Å². The molecule has 0 unspecified atom stereocenters. The molecule has 3 aromatic heterocycles. The Morgan fingerprint density at radius 2 is 1.62 bits per heavy atom. The van der Waals surface area contributed by atoms with E-state index in [2.05, 4.69) is 34.8 Å². The fraction of sp³-hybridized carbons (Fsp3) is 0.400. The summed E-state index contributed by atoms with van der Waals surface area (Å²) in [6.45, 7) is 3.35. The van der Waals surface area contributed by atoms with Crippen molar-refractivity contribution in [2.45, 2.75) is 0 Å². The van der Waals surface area contributed by atoms with Gasteiger partial charge in [0.15, 0.2) is 11.4 Å². The highest BCUT2D eigenvalue weighted by molar-refractivity contribution is 5.86. The molecule has 0 saturated carbocycles. The number of rotatable bonds is 3. The standard InChI is InChI=1S/C15H18N8O/c1-21-13-12(9-20-21)14(19-10-18-13)22-3-5-23(6-4-22)15-16-7-11(24-2)8-17-15/h7-10H,3-6H2,1-2H3. The fourth-order valence-corrected chi connectivity index (χ4v) is 2.90. The number of aromatic nitrogens is 6. The zero-order chi connectivity index (χ0) is 16.5. The maximum Gasteiger partial charge on any atom is 0.225 e. The van der Waals surface area contributed by atoms with Gasteiger partial charge >= 0.3 is 0 Å². The average Bonchev–Trinajstić information content (AvgIpc) is 3.03. The van der Waals surface area contributed by atoms with E-state index in [-0.39, 0.29) is 0 Å². The van der Waals surface area contributed by atoms with Crippen LogP contribution in [0, 0.1) is 0 Å². The van der Waals surface area contributed by atoms with Gasteiger partial charge in [-0.3, -0.25) is 4.68 Å². The molecule has 4 heterocycles. The Morgan fingerprint density at radius 3 is 2.33 bits per heavy atom. The molecule has 9 nitrogen and oxygen atoms in total. The van der Waals surface area contributed by atoms with E-state index in [1.54, 1.807) is 30.5 Å². The largest absolute Gasteiger partial charge is 0.494 e. The smallest absolute Gasteiger partial charge is 0.225 e. The molecule has 0 aromatic carbocycles. The first-order chi connectivity index (χ1) is 11.8. The lowest BCUT2D eigenvalue weighted by molar-refractivity contribution is 0.410. The highest BCUT2D eigenvalue weighted by Gasteiger charge is 2.22. The summed E-state index contributed by atoms with van der Waals surface area (Å²) in [6.07, 6.45) is 6.80. The second kappa shape index (κ2) is 5.91. The lowest BCUT2D eigenvalue weighted by Gasteiger charge is -2.35. The van der Waals surface area contributed by atoms with Crippen molar-refractivity contribution in [1.29, 1.82) is 0 Å². The maximum atomic E-state index is 5.10. The van der Waals surface area contributed by atoms with Gasteiger partial charge < -0.3 is 14.5 Å². The molecule has 0 atom stereocenters. The monoisotopic (exact) mass is 326 g/mol. The van der Waals surface area contributed by atoms with Crippen LogP contribution in [0.25, 0.3) is 11.0 Å². The quantitative estimate of drug-likeness (QED) is 0.687. The van der Waals surface area contributed by atoms with E-state index < -0.39 is 0 Å². The summed E-state index contributed by atoms with van der Waals surface area (Å²) in [7, 11) is 3.50. The number of ether oxygens (including phenoxy) is 1. The van der Waals surface area contributed by atoms with Gasteiger partial charge in [-0.05, 0) is 0 Å². The van der Waals surface area contributed by atoms with Gasteiger partial charge in [-0.25, -0.2) is 19.9 Å². The second-order valence-corrected chi connectivity index (χ2v) is 5.60. The molecule has 3 aromatic rings. The van der Waals surface area contributed by atoms with E-state index in [0.29, 0.717) is 5.75 Å². The predicted molar refractivity (Wildman–Crippen MR) is 89.3 cm³/mol. The molecule has 1 aliphatic heterocycles. The Labute approximate surface area is 138 Å². The van der Waals surface area contributed by atoms with Crippen LogP contribution < -0.4 is 14.5 Å². The van der Waals surface area contributed by atoms with Crippen molar-refractivity contribution in [3.8, 4) is 5.75 Å². The number of anilines is 2. The molecular formula is C15H18N8O. The summed E-state index contributed by atoms with van der Waals surface area (Å²) in [4.78, 5) is 21.9. The minimum absolute atomic E-state index is 0.664. The third kappa shape index (κ3) is 2.47. The molecule has 1 saturated heterocycles. The van der Waals surface area contributed by atoms with Gasteiger partial charge in [0.2, 0.25) is 5.95 Å². The third-order valence-corrected chi connectivity index (χ3v) is 4.22. The van der Waals surface area contributed by atoms with Crippen molar-refractivity contribution >= 4 is 22.8 Å². The number of methoxy groups -OCH3 is 1. The van der Waals surface area contributed by atoms with Crippen LogP contribution in [-0.4, -0.2) is 63.0 Å². The molecule has 1 fully saturated rings. The maximum absolute atomic E-state index is 5.10. The van der Waals surface area contributed by atoms with E-state index >= 15 is 0 Å². The Kier molecular flexibility index (Phi) is 3.60. The van der Waals surface area contributed by atoms with Gasteiger partial charge in [0, 0.05) is 33.2 Å². The zero-order valence-corrected chi connectivity index (χ0v) is 13.6. The summed E-state index contributed by atoms with van der Waals surface area (Å²) >= 11 is 0. The fourth-order valence-electron chi connectivity index (χ4n) is 2.90. The van der Waals surface area contributed by atoms with Crippen LogP contribution in [0.15, 0.2) is 24.9 Å². The Balaban J connectivity index is 1.51. The Hall–Kier alpha value is -2.97. The lowest BCUT2D eigenvalue weighted by Crippen LogP contribution is -2.47. The molecule has 1 aliphatic rings. The molecule has 0 aliphatic carbocycles. The van der Waals surface area contributed by atoms with Crippen LogP contribution in [0.2, 0.25) is 0 Å². The number of hydrogen-bond acceptors (Lipinski definition) is 8. The SMILES string of the molecule is COc1cnc(N2CCN(c3ncnc4c3cnn4C)CC2)nc1. The predicted octanol–water partition coefficient (Wildman–Crippen LogP) is 0.488. The number of piperazine rings is 1. The molecule has 0 radical (unpaired) electrons. The summed E-state index contributed by atoms with van der Waals surface area (Å²) in [5.74, 6) is 2.32. The van der Waals surface area contributed by atoms with Crippen LogP contribution in [-0.2, 0) is 7.05 Å². The first-order valence-electron chi connectivity index (χ1n) is 7.75. The highest BCUT2D eigenvalue weighted by atomic mass is 16.5. The second-order valence-electron chi connectivity index (χ2n) is 5.60. The molecule has 24 heavy (non-hydrogen) atoms. The van der Waals surface area contributed by atoms with Crippen LogP contribution in [0.1, 0.15) is 0 Å². The van der Waals surface area contributed by atoms with Crippen molar-refractivity contribution in [1.82, 2.24) is 29.7 Å². The van der Waals surface area contributed by atoms with Gasteiger partial charge in [0.25, 0.3) is 0 Å². The summed E-state index contributed by atoms with van der Waals surface area (Å²) < 4.78 is 6.87. The van der Waals surface area contributed by atoms with Crippen molar-refractivity contribution in [2.75, 3.05) is 43.1 Å². The van der Waals surface area contributed by atoms with Crippen molar-refractivity contribution in [2.24, 2.45) is 7.05 Å². The number of nitrogens with zero attached hydrogens (tertiary/aromatic N) is 8. The van der Waals surface area contributed by atoms with Gasteiger partial charge in [0.1, 0.15) is 12.1 Å². The van der Waals surface area contributed by atoms with Crippen molar-refractivity contribution < 1.29 is 4.74 Å². The molecule has 124 valence electrons. The average molecular weight is 326 g/mol. The molecular weight excluding hydrogens is 308 g/mol. The first-order valence-corrected chi connectivity index (χ1v) is 7.75. The van der Waals surface area contributed by atoms with E-state index in [0.717, 1.165) is 49.0 Å². The topological polar surface area (TPSA) is 85.1 Å². The molecule has 0 bridgehead atoms. The van der Waals surface area contributed by atoms with E-state index in [4.69, 9.17) is 4.74 Å². The number of fused-ring (bicyclic) bond motifs is 1. The van der Waals surface area contributed by atoms with Gasteiger partial charge in [-0.2, -0.15) is 5.10 Å². The molecule has 0 spiro atoms. The molecule has 9 heteroatoms. The highest BCUT2D eigenvalue weighted by Crippen LogP contribution is 2.24. The molecule has 0 amide bonds. The Morgan fingerprint density at radius 1 is 0.917 bits per heavy atom. The number of hydrogen-bond donors (Lipinski definition) is 0. The van der Waals surface area contributed by atoms with Crippen molar-refractivity contribution in [3.63, 3.8) is 0 Å². The summed E-state index contributed by atoms with van der Waals surface area (Å²) in [6, 6.07) is 0. The van der Waals surface area contributed by atoms with Crippen LogP contribution >= 0.6 is 0 Å². The first kappa shape index (κ1) is 14.6.